The quantitative estimate of drug-likeness (QED) is 0.453. The Morgan fingerprint density at radius 2 is 1.31 bits per heavy atom. The number of benzene rings is 2. The van der Waals surface area contributed by atoms with Gasteiger partial charge in [0, 0.05) is 24.8 Å². The Kier molecular flexibility index (Phi) is 7.83. The van der Waals surface area contributed by atoms with E-state index in [1.807, 2.05) is 64.2 Å². The van der Waals surface area contributed by atoms with Gasteiger partial charge in [0.15, 0.2) is 0 Å². The number of rotatable bonds is 4. The first-order valence-electron chi connectivity index (χ1n) is 13.1. The van der Waals surface area contributed by atoms with E-state index < -0.39 is 0 Å². The van der Waals surface area contributed by atoms with Gasteiger partial charge in [-0.3, -0.25) is 4.57 Å². The van der Waals surface area contributed by atoms with Gasteiger partial charge in [-0.15, -0.1) is 0 Å². The molecule has 0 radical (unpaired) electrons. The molecular formula is C28H36N6O2. The summed E-state index contributed by atoms with van der Waals surface area (Å²) in [5, 5.41) is 9.74. The van der Waals surface area contributed by atoms with Crippen LogP contribution < -0.4 is 21.6 Å². The molecule has 0 saturated carbocycles. The van der Waals surface area contributed by atoms with Crippen LogP contribution in [0, 0.1) is 0 Å². The Morgan fingerprint density at radius 1 is 0.722 bits per heavy atom. The Bertz CT molecular complexity index is 1160. The van der Waals surface area contributed by atoms with Crippen molar-refractivity contribution in [2.24, 2.45) is 0 Å². The van der Waals surface area contributed by atoms with Crippen molar-refractivity contribution >= 4 is 6.03 Å². The molecule has 0 bridgehead atoms. The van der Waals surface area contributed by atoms with E-state index in [1.165, 1.54) is 5.56 Å². The maximum atomic E-state index is 12.1. The van der Waals surface area contributed by atoms with Crippen molar-refractivity contribution in [2.75, 3.05) is 32.7 Å². The molecule has 3 aliphatic rings. The summed E-state index contributed by atoms with van der Waals surface area (Å²) in [4.78, 5) is 29.0. The highest BCUT2D eigenvalue weighted by Gasteiger charge is 2.34. The highest BCUT2D eigenvalue weighted by atomic mass is 16.2. The van der Waals surface area contributed by atoms with Gasteiger partial charge < -0.3 is 25.8 Å². The lowest BCUT2D eigenvalue weighted by Gasteiger charge is -2.30. The fourth-order valence-corrected chi connectivity index (χ4v) is 5.39. The smallest absolute Gasteiger partial charge is 0.326 e. The van der Waals surface area contributed by atoms with Gasteiger partial charge in [-0.2, -0.15) is 0 Å². The number of nitrogens with zero attached hydrogens (tertiary/aromatic N) is 2. The second-order valence-electron chi connectivity index (χ2n) is 9.77. The Morgan fingerprint density at radius 3 is 1.94 bits per heavy atom. The number of hydrogen-bond acceptors (Lipinski definition) is 4. The predicted molar refractivity (Wildman–Crippen MR) is 142 cm³/mol. The van der Waals surface area contributed by atoms with Crippen LogP contribution in [0.15, 0.2) is 71.7 Å². The second kappa shape index (κ2) is 11.6. The molecule has 1 atom stereocenters. The van der Waals surface area contributed by atoms with Crippen LogP contribution in [0.3, 0.4) is 0 Å². The van der Waals surface area contributed by atoms with Crippen LogP contribution in [-0.2, 0) is 0 Å². The van der Waals surface area contributed by atoms with Crippen LogP contribution in [-0.4, -0.2) is 59.2 Å². The van der Waals surface area contributed by atoms with E-state index in [0.29, 0.717) is 12.1 Å². The molecule has 2 amide bonds. The van der Waals surface area contributed by atoms with E-state index in [2.05, 4.69) is 33.1 Å². The zero-order valence-electron chi connectivity index (χ0n) is 20.7. The predicted octanol–water partition coefficient (Wildman–Crippen LogP) is 3.27. The fourth-order valence-electron chi connectivity index (χ4n) is 5.39. The molecular weight excluding hydrogens is 452 g/mol. The van der Waals surface area contributed by atoms with Crippen LogP contribution >= 0.6 is 0 Å². The SMILES string of the molecule is O=C1NC(c2ccccc2)CN1C1CCNCC1.O=c1[nH]c(-c2ccccc2)cn1C1CCNCC1. The number of aromatic nitrogens is 2. The second-order valence-corrected chi connectivity index (χ2v) is 9.77. The van der Waals surface area contributed by atoms with Gasteiger partial charge in [-0.1, -0.05) is 60.7 Å². The third kappa shape index (κ3) is 5.71. The van der Waals surface area contributed by atoms with E-state index in [-0.39, 0.29) is 17.8 Å². The van der Waals surface area contributed by atoms with E-state index >= 15 is 0 Å². The molecule has 4 N–H and O–H groups in total. The molecule has 36 heavy (non-hydrogen) atoms. The third-order valence-corrected chi connectivity index (χ3v) is 7.42. The Balaban J connectivity index is 0.000000148. The lowest BCUT2D eigenvalue weighted by atomic mass is 10.0. The van der Waals surface area contributed by atoms with Crippen molar-refractivity contribution in [3.8, 4) is 11.3 Å². The third-order valence-electron chi connectivity index (χ3n) is 7.42. The molecule has 0 spiro atoms. The van der Waals surface area contributed by atoms with Gasteiger partial charge in [0.25, 0.3) is 0 Å². The minimum absolute atomic E-state index is 0.000697. The molecule has 8 heteroatoms. The number of urea groups is 1. The van der Waals surface area contributed by atoms with Gasteiger partial charge in [-0.25, -0.2) is 9.59 Å². The van der Waals surface area contributed by atoms with E-state index in [4.69, 9.17) is 0 Å². The first-order valence-corrected chi connectivity index (χ1v) is 13.1. The molecule has 4 heterocycles. The molecule has 2 aromatic carbocycles. The molecule has 190 valence electrons. The summed E-state index contributed by atoms with van der Waals surface area (Å²) < 4.78 is 1.85. The van der Waals surface area contributed by atoms with Crippen molar-refractivity contribution in [3.63, 3.8) is 0 Å². The van der Waals surface area contributed by atoms with Crippen molar-refractivity contribution in [1.82, 2.24) is 30.4 Å². The normalized spacial score (nSPS) is 21.1. The molecule has 1 aromatic heterocycles. The minimum atomic E-state index is 0.000697. The summed E-state index contributed by atoms with van der Waals surface area (Å²) in [5.74, 6) is 0. The number of aromatic amines is 1. The summed E-state index contributed by atoms with van der Waals surface area (Å²) in [6, 6.07) is 21.1. The van der Waals surface area contributed by atoms with Gasteiger partial charge in [-0.05, 0) is 63.0 Å². The molecule has 3 saturated heterocycles. The van der Waals surface area contributed by atoms with Crippen molar-refractivity contribution in [1.29, 1.82) is 0 Å². The van der Waals surface area contributed by atoms with Gasteiger partial charge >= 0.3 is 11.7 Å². The standard InChI is InChI=1S/C14H19N3O.C14H17N3O/c2*18-14-16-13(11-4-2-1-3-5-11)10-17(14)12-6-8-15-9-7-12/h1-5,12-13,15H,6-10H2,(H,16,18);1-5,10,12,15H,6-9H2,(H,16,18). The van der Waals surface area contributed by atoms with Crippen LogP contribution in [0.5, 0.6) is 0 Å². The molecule has 0 aliphatic carbocycles. The summed E-state index contributed by atoms with van der Waals surface area (Å²) in [6.07, 6.45) is 6.12. The van der Waals surface area contributed by atoms with Crippen molar-refractivity contribution < 1.29 is 4.79 Å². The number of piperidine rings is 2. The Hall–Kier alpha value is -3.36. The summed E-state index contributed by atoms with van der Waals surface area (Å²) in [7, 11) is 0. The number of carbonyl (C=O) groups excluding carboxylic acids is 1. The highest BCUT2D eigenvalue weighted by molar-refractivity contribution is 5.77. The molecule has 3 aromatic rings. The van der Waals surface area contributed by atoms with Gasteiger partial charge in [0.1, 0.15) is 0 Å². The fraction of sp³-hybridized carbons (Fsp3) is 0.429. The molecule has 3 aliphatic heterocycles. The van der Waals surface area contributed by atoms with Gasteiger partial charge in [0.05, 0.1) is 11.7 Å². The lowest BCUT2D eigenvalue weighted by molar-refractivity contribution is 0.182. The number of hydrogen-bond donors (Lipinski definition) is 4. The topological polar surface area (TPSA) is 94.2 Å². The van der Waals surface area contributed by atoms with E-state index in [1.54, 1.807) is 0 Å². The number of nitrogens with one attached hydrogen (secondary N) is 4. The first-order chi connectivity index (χ1) is 17.7. The molecule has 1 unspecified atom stereocenters. The average molecular weight is 489 g/mol. The summed E-state index contributed by atoms with van der Waals surface area (Å²) in [6.45, 7) is 4.81. The van der Waals surface area contributed by atoms with Gasteiger partial charge in [0.2, 0.25) is 0 Å². The number of amides is 2. The molecule has 6 rings (SSSR count). The maximum Gasteiger partial charge on any atom is 0.326 e. The number of H-pyrrole nitrogens is 1. The highest BCUT2D eigenvalue weighted by Crippen LogP contribution is 2.24. The first kappa shape index (κ1) is 24.3. The zero-order valence-corrected chi connectivity index (χ0v) is 20.7. The molecule has 8 nitrogen and oxygen atoms in total. The molecule has 3 fully saturated rings. The van der Waals surface area contributed by atoms with Crippen LogP contribution in [0.1, 0.15) is 43.3 Å². The van der Waals surface area contributed by atoms with Crippen LogP contribution in [0.4, 0.5) is 4.79 Å². The summed E-state index contributed by atoms with van der Waals surface area (Å²) in [5.41, 5.74) is 3.16. The van der Waals surface area contributed by atoms with Crippen LogP contribution in [0.25, 0.3) is 11.3 Å². The lowest BCUT2D eigenvalue weighted by Crippen LogP contribution is -2.44. The summed E-state index contributed by atoms with van der Waals surface area (Å²) >= 11 is 0. The van der Waals surface area contributed by atoms with E-state index in [0.717, 1.165) is 69.7 Å². The largest absolute Gasteiger partial charge is 0.329 e. The Labute approximate surface area is 212 Å². The zero-order chi connectivity index (χ0) is 24.7. The van der Waals surface area contributed by atoms with Crippen molar-refractivity contribution in [2.45, 2.75) is 43.8 Å². The minimum Gasteiger partial charge on any atom is -0.329 e. The van der Waals surface area contributed by atoms with Crippen molar-refractivity contribution in [3.05, 3.63) is 82.9 Å². The van der Waals surface area contributed by atoms with Crippen LogP contribution in [0.2, 0.25) is 0 Å². The average Bonchev–Trinajstić information content (AvgIpc) is 3.54. The monoisotopic (exact) mass is 488 g/mol. The maximum absolute atomic E-state index is 12.1. The number of imidazole rings is 1. The number of carbonyl (C=O) groups is 1. The van der Waals surface area contributed by atoms with E-state index in [9.17, 15) is 9.59 Å².